The third-order valence-corrected chi connectivity index (χ3v) is 2.54. The first kappa shape index (κ1) is 15.9. The van der Waals surface area contributed by atoms with E-state index in [1.807, 2.05) is 19.1 Å². The number of carboxylic acids is 1. The molecule has 1 rings (SSSR count). The lowest BCUT2D eigenvalue weighted by Crippen LogP contribution is -2.37. The van der Waals surface area contributed by atoms with Crippen molar-refractivity contribution in [2.75, 3.05) is 19.8 Å². The molecule has 7 heteroatoms. The van der Waals surface area contributed by atoms with E-state index in [2.05, 4.69) is 15.6 Å². The molecule has 0 atom stereocenters. The van der Waals surface area contributed by atoms with Crippen molar-refractivity contribution >= 4 is 12.0 Å². The van der Waals surface area contributed by atoms with Crippen LogP contribution in [-0.4, -0.2) is 41.8 Å². The maximum Gasteiger partial charge on any atom is 0.329 e. The van der Waals surface area contributed by atoms with E-state index in [0.29, 0.717) is 6.54 Å². The first-order chi connectivity index (χ1) is 9.63. The molecule has 0 aliphatic rings. The molecular formula is C13H19N3O4. The van der Waals surface area contributed by atoms with Gasteiger partial charge >= 0.3 is 12.0 Å². The maximum atomic E-state index is 11.5. The summed E-state index contributed by atoms with van der Waals surface area (Å²) < 4.78 is 4.79. The molecule has 1 heterocycles. The second-order valence-corrected chi connectivity index (χ2v) is 4.02. The first-order valence-electron chi connectivity index (χ1n) is 6.37. The first-order valence-corrected chi connectivity index (χ1v) is 6.37. The number of carbonyl (C=O) groups is 2. The second kappa shape index (κ2) is 8.87. The molecule has 3 N–H and O–H groups in total. The standard InChI is InChI=1S/C13H19N3O4/c1-2-10-4-3-5-14-11(10)8-16-13(19)15-6-7-20-9-12(17)18/h3-5H,2,6-9H2,1H3,(H,17,18)(H2,15,16,19). The number of amides is 2. The van der Waals surface area contributed by atoms with Gasteiger partial charge in [-0.3, -0.25) is 4.98 Å². The summed E-state index contributed by atoms with van der Waals surface area (Å²) in [6.45, 7) is 2.43. The van der Waals surface area contributed by atoms with Crippen molar-refractivity contribution in [3.8, 4) is 0 Å². The number of rotatable bonds is 8. The fourth-order valence-corrected chi connectivity index (χ4v) is 1.58. The highest BCUT2D eigenvalue weighted by atomic mass is 16.5. The van der Waals surface area contributed by atoms with Gasteiger partial charge in [0.2, 0.25) is 0 Å². The van der Waals surface area contributed by atoms with Crippen molar-refractivity contribution in [2.45, 2.75) is 19.9 Å². The molecule has 0 fully saturated rings. The van der Waals surface area contributed by atoms with Gasteiger partial charge in [-0.1, -0.05) is 13.0 Å². The molecule has 7 nitrogen and oxygen atoms in total. The zero-order valence-electron chi connectivity index (χ0n) is 11.4. The van der Waals surface area contributed by atoms with Gasteiger partial charge in [0.15, 0.2) is 0 Å². The molecule has 0 aliphatic heterocycles. The van der Waals surface area contributed by atoms with E-state index in [1.54, 1.807) is 6.20 Å². The van der Waals surface area contributed by atoms with Gasteiger partial charge in [0.05, 0.1) is 18.8 Å². The fraction of sp³-hybridized carbons (Fsp3) is 0.462. The molecule has 0 aromatic carbocycles. The molecule has 0 unspecified atom stereocenters. The van der Waals surface area contributed by atoms with Crippen molar-refractivity contribution in [3.05, 3.63) is 29.6 Å². The second-order valence-electron chi connectivity index (χ2n) is 4.02. The number of ether oxygens (including phenoxy) is 1. The molecule has 0 radical (unpaired) electrons. The predicted molar refractivity (Wildman–Crippen MR) is 72.3 cm³/mol. The smallest absolute Gasteiger partial charge is 0.329 e. The molecular weight excluding hydrogens is 262 g/mol. The number of nitrogens with one attached hydrogen (secondary N) is 2. The van der Waals surface area contributed by atoms with Crippen LogP contribution in [0.3, 0.4) is 0 Å². The van der Waals surface area contributed by atoms with Crippen LogP contribution in [-0.2, 0) is 22.5 Å². The molecule has 0 bridgehead atoms. The van der Waals surface area contributed by atoms with Crippen LogP contribution < -0.4 is 10.6 Å². The number of hydrogen-bond acceptors (Lipinski definition) is 4. The van der Waals surface area contributed by atoms with Crippen LogP contribution in [0.25, 0.3) is 0 Å². The average molecular weight is 281 g/mol. The van der Waals surface area contributed by atoms with Crippen molar-refractivity contribution in [3.63, 3.8) is 0 Å². The van der Waals surface area contributed by atoms with Crippen LogP contribution in [0.5, 0.6) is 0 Å². The summed E-state index contributed by atoms with van der Waals surface area (Å²) in [5.41, 5.74) is 1.94. The van der Waals surface area contributed by atoms with E-state index in [9.17, 15) is 9.59 Å². The Morgan fingerprint density at radius 1 is 1.40 bits per heavy atom. The van der Waals surface area contributed by atoms with Gasteiger partial charge in [-0.2, -0.15) is 0 Å². The van der Waals surface area contributed by atoms with E-state index in [4.69, 9.17) is 9.84 Å². The third-order valence-electron chi connectivity index (χ3n) is 2.54. The summed E-state index contributed by atoms with van der Waals surface area (Å²) in [4.78, 5) is 25.9. The average Bonchev–Trinajstić information content (AvgIpc) is 2.44. The number of aromatic nitrogens is 1. The van der Waals surface area contributed by atoms with Gasteiger partial charge in [0.25, 0.3) is 0 Å². The van der Waals surface area contributed by atoms with Crippen LogP contribution in [0.1, 0.15) is 18.2 Å². The Labute approximate surface area is 117 Å². The molecule has 20 heavy (non-hydrogen) atoms. The van der Waals surface area contributed by atoms with Gasteiger partial charge < -0.3 is 20.5 Å². The lowest BCUT2D eigenvalue weighted by molar-refractivity contribution is -0.142. The minimum absolute atomic E-state index is 0.156. The lowest BCUT2D eigenvalue weighted by Gasteiger charge is -2.09. The monoisotopic (exact) mass is 281 g/mol. The van der Waals surface area contributed by atoms with Crippen molar-refractivity contribution in [1.82, 2.24) is 15.6 Å². The highest BCUT2D eigenvalue weighted by Crippen LogP contribution is 2.05. The van der Waals surface area contributed by atoms with Crippen LogP contribution in [0.2, 0.25) is 0 Å². The van der Waals surface area contributed by atoms with Crippen molar-refractivity contribution in [2.24, 2.45) is 0 Å². The van der Waals surface area contributed by atoms with Crippen LogP contribution in [0.15, 0.2) is 18.3 Å². The zero-order chi connectivity index (χ0) is 14.8. The van der Waals surface area contributed by atoms with Crippen molar-refractivity contribution in [1.29, 1.82) is 0 Å². The number of hydrogen-bond donors (Lipinski definition) is 3. The van der Waals surface area contributed by atoms with Gasteiger partial charge in [0.1, 0.15) is 6.61 Å². The van der Waals surface area contributed by atoms with Crippen molar-refractivity contribution < 1.29 is 19.4 Å². The molecule has 0 saturated carbocycles. The fourth-order valence-electron chi connectivity index (χ4n) is 1.58. The molecule has 0 saturated heterocycles. The number of aryl methyl sites for hydroxylation is 1. The molecule has 0 spiro atoms. The Bertz CT molecular complexity index is 451. The Kier molecular flexibility index (Phi) is 7.05. The number of urea groups is 1. The Hall–Kier alpha value is -2.15. The summed E-state index contributed by atoms with van der Waals surface area (Å²) in [5.74, 6) is -1.03. The lowest BCUT2D eigenvalue weighted by atomic mass is 10.1. The van der Waals surface area contributed by atoms with E-state index < -0.39 is 5.97 Å². The molecule has 0 aliphatic carbocycles. The number of pyridine rings is 1. The normalized spacial score (nSPS) is 10.1. The molecule has 1 aromatic heterocycles. The Balaban J connectivity index is 2.21. The molecule has 1 aromatic rings. The third kappa shape index (κ3) is 6.14. The van der Waals surface area contributed by atoms with Gasteiger partial charge in [-0.05, 0) is 18.1 Å². The summed E-state index contributed by atoms with van der Waals surface area (Å²) in [7, 11) is 0. The number of nitrogens with zero attached hydrogens (tertiary/aromatic N) is 1. The summed E-state index contributed by atoms with van der Waals surface area (Å²) >= 11 is 0. The van der Waals surface area contributed by atoms with E-state index in [0.717, 1.165) is 17.7 Å². The van der Waals surface area contributed by atoms with Crippen LogP contribution in [0, 0.1) is 0 Å². The molecule has 110 valence electrons. The number of carbonyl (C=O) groups excluding carboxylic acids is 1. The van der Waals surface area contributed by atoms with Gasteiger partial charge in [0, 0.05) is 12.7 Å². The highest BCUT2D eigenvalue weighted by molar-refractivity contribution is 5.73. The number of aliphatic carboxylic acids is 1. The zero-order valence-corrected chi connectivity index (χ0v) is 11.4. The summed E-state index contributed by atoms with van der Waals surface area (Å²) in [5, 5.41) is 13.6. The summed E-state index contributed by atoms with van der Waals surface area (Å²) in [6, 6.07) is 3.50. The predicted octanol–water partition coefficient (Wildman–Crippen LogP) is 0.544. The number of carboxylic acid groups (broad SMARTS) is 1. The molecule has 2 amide bonds. The minimum Gasteiger partial charge on any atom is -0.480 e. The highest BCUT2D eigenvalue weighted by Gasteiger charge is 2.04. The Morgan fingerprint density at radius 2 is 2.20 bits per heavy atom. The van der Waals surface area contributed by atoms with E-state index >= 15 is 0 Å². The maximum absolute atomic E-state index is 11.5. The van der Waals surface area contributed by atoms with E-state index in [1.165, 1.54) is 0 Å². The van der Waals surface area contributed by atoms with Crippen LogP contribution >= 0.6 is 0 Å². The summed E-state index contributed by atoms with van der Waals surface area (Å²) in [6.07, 6.45) is 2.54. The van der Waals surface area contributed by atoms with Gasteiger partial charge in [-0.15, -0.1) is 0 Å². The quantitative estimate of drug-likeness (QED) is 0.604. The minimum atomic E-state index is -1.03. The topological polar surface area (TPSA) is 101 Å². The van der Waals surface area contributed by atoms with Crippen LogP contribution in [0.4, 0.5) is 4.79 Å². The largest absolute Gasteiger partial charge is 0.480 e. The Morgan fingerprint density at radius 3 is 2.90 bits per heavy atom. The SMILES string of the molecule is CCc1cccnc1CNC(=O)NCCOCC(=O)O. The van der Waals surface area contributed by atoms with E-state index in [-0.39, 0.29) is 25.8 Å². The van der Waals surface area contributed by atoms with Gasteiger partial charge in [-0.25, -0.2) is 9.59 Å².